The summed E-state index contributed by atoms with van der Waals surface area (Å²) in [6.07, 6.45) is 2.69. The summed E-state index contributed by atoms with van der Waals surface area (Å²) in [5, 5.41) is 10.4. The molecule has 0 saturated carbocycles. The van der Waals surface area contributed by atoms with Gasteiger partial charge in [0.15, 0.2) is 0 Å². The Balaban J connectivity index is 1.77. The Morgan fingerprint density at radius 1 is 1.30 bits per heavy atom. The molecule has 0 aliphatic carbocycles. The van der Waals surface area contributed by atoms with E-state index in [-0.39, 0.29) is 19.1 Å². The van der Waals surface area contributed by atoms with Gasteiger partial charge in [0.25, 0.3) is 5.91 Å². The highest BCUT2D eigenvalue weighted by atomic mass is 32.1. The average molecular weight is 390 g/mol. The summed E-state index contributed by atoms with van der Waals surface area (Å²) >= 11 is 1.30. The number of nitrogens with zero attached hydrogens (tertiary/aromatic N) is 2. The molecule has 2 aromatic rings. The highest BCUT2D eigenvalue weighted by Gasteiger charge is 2.44. The monoisotopic (exact) mass is 390 g/mol. The van der Waals surface area contributed by atoms with E-state index < -0.39 is 11.4 Å². The van der Waals surface area contributed by atoms with E-state index in [1.54, 1.807) is 18.2 Å². The molecule has 0 radical (unpaired) electrons. The number of hydrogen-bond acceptors (Lipinski definition) is 6. The molecule has 8 heteroatoms. The SMILES string of the molecule is COCC1(C(=O)O)CCCN(C(=O)c2cnc(-c3ccc(OC)cc3)s2)C1. The smallest absolute Gasteiger partial charge is 0.313 e. The Hall–Kier alpha value is -2.45. The second-order valence-corrected chi connectivity index (χ2v) is 7.64. The molecule has 1 saturated heterocycles. The van der Waals surface area contributed by atoms with Gasteiger partial charge in [-0.25, -0.2) is 4.98 Å². The van der Waals surface area contributed by atoms with Gasteiger partial charge in [-0.2, -0.15) is 0 Å². The summed E-state index contributed by atoms with van der Waals surface area (Å²) in [6, 6.07) is 7.46. The average Bonchev–Trinajstić information content (AvgIpc) is 3.18. The predicted molar refractivity (Wildman–Crippen MR) is 101 cm³/mol. The fourth-order valence-corrected chi connectivity index (χ4v) is 4.22. The number of hydrogen-bond donors (Lipinski definition) is 1. The molecule has 1 atom stereocenters. The van der Waals surface area contributed by atoms with E-state index >= 15 is 0 Å². The van der Waals surface area contributed by atoms with Gasteiger partial charge in [-0.15, -0.1) is 11.3 Å². The van der Waals surface area contributed by atoms with Crippen molar-refractivity contribution in [2.75, 3.05) is 33.9 Å². The van der Waals surface area contributed by atoms with Crippen LogP contribution in [0.15, 0.2) is 30.5 Å². The number of thiazole rings is 1. The first-order chi connectivity index (χ1) is 13.0. The van der Waals surface area contributed by atoms with Gasteiger partial charge in [-0.3, -0.25) is 9.59 Å². The van der Waals surface area contributed by atoms with Crippen molar-refractivity contribution in [1.82, 2.24) is 9.88 Å². The third-order valence-electron chi connectivity index (χ3n) is 4.79. The summed E-state index contributed by atoms with van der Waals surface area (Å²) in [5.41, 5.74) is -0.149. The lowest BCUT2D eigenvalue weighted by Crippen LogP contribution is -2.52. The van der Waals surface area contributed by atoms with Gasteiger partial charge in [0.05, 0.1) is 19.9 Å². The molecule has 1 unspecified atom stereocenters. The molecule has 144 valence electrons. The van der Waals surface area contributed by atoms with Crippen LogP contribution in [0.4, 0.5) is 0 Å². The first kappa shape index (κ1) is 19.3. The summed E-state index contributed by atoms with van der Waals surface area (Å²) < 4.78 is 10.3. The molecule has 1 aromatic carbocycles. The molecule has 0 spiro atoms. The highest BCUT2D eigenvalue weighted by Crippen LogP contribution is 2.33. The second-order valence-electron chi connectivity index (χ2n) is 6.61. The Kier molecular flexibility index (Phi) is 5.76. The molecule has 7 nitrogen and oxygen atoms in total. The van der Waals surface area contributed by atoms with Gasteiger partial charge in [-0.05, 0) is 37.1 Å². The van der Waals surface area contributed by atoms with E-state index in [0.29, 0.717) is 24.3 Å². The number of ether oxygens (including phenoxy) is 2. The van der Waals surface area contributed by atoms with Crippen molar-refractivity contribution >= 4 is 23.2 Å². The van der Waals surface area contributed by atoms with Crippen molar-refractivity contribution in [3.05, 3.63) is 35.3 Å². The first-order valence-electron chi connectivity index (χ1n) is 8.61. The molecule has 1 aliphatic heterocycles. The Bertz CT molecular complexity index is 816. The first-order valence-corrected chi connectivity index (χ1v) is 9.42. The van der Waals surface area contributed by atoms with E-state index in [1.807, 2.05) is 24.3 Å². The zero-order valence-corrected chi connectivity index (χ0v) is 16.1. The summed E-state index contributed by atoms with van der Waals surface area (Å²) in [7, 11) is 3.09. The molecule has 3 rings (SSSR count). The maximum absolute atomic E-state index is 12.9. The zero-order valence-electron chi connectivity index (χ0n) is 15.3. The van der Waals surface area contributed by atoms with Crippen molar-refractivity contribution in [1.29, 1.82) is 0 Å². The van der Waals surface area contributed by atoms with Gasteiger partial charge in [0, 0.05) is 25.8 Å². The van der Waals surface area contributed by atoms with Gasteiger partial charge < -0.3 is 19.5 Å². The van der Waals surface area contributed by atoms with E-state index in [1.165, 1.54) is 18.4 Å². The number of carboxylic acid groups (broad SMARTS) is 1. The molecular formula is C19H22N2O5S. The quantitative estimate of drug-likeness (QED) is 0.816. The number of piperidine rings is 1. The normalized spacial score (nSPS) is 19.7. The minimum atomic E-state index is -1.05. The molecule has 1 aliphatic rings. The molecular weight excluding hydrogens is 368 g/mol. The number of carbonyl (C=O) groups excluding carboxylic acids is 1. The van der Waals surface area contributed by atoms with E-state index in [9.17, 15) is 14.7 Å². The van der Waals surface area contributed by atoms with Crippen molar-refractivity contribution in [3.63, 3.8) is 0 Å². The van der Waals surface area contributed by atoms with Crippen molar-refractivity contribution in [2.45, 2.75) is 12.8 Å². The topological polar surface area (TPSA) is 89.0 Å². The van der Waals surface area contributed by atoms with Crippen LogP contribution >= 0.6 is 11.3 Å². The Morgan fingerprint density at radius 2 is 2.04 bits per heavy atom. The summed E-state index contributed by atoms with van der Waals surface area (Å²) in [4.78, 5) is 31.1. The van der Waals surface area contributed by atoms with Gasteiger partial charge >= 0.3 is 5.97 Å². The van der Waals surface area contributed by atoms with Crippen LogP contribution in [-0.2, 0) is 9.53 Å². The van der Waals surface area contributed by atoms with E-state index in [2.05, 4.69) is 4.98 Å². The molecule has 1 aromatic heterocycles. The van der Waals surface area contributed by atoms with Crippen LogP contribution in [0, 0.1) is 5.41 Å². The number of aliphatic carboxylic acids is 1. The molecule has 27 heavy (non-hydrogen) atoms. The lowest BCUT2D eigenvalue weighted by Gasteiger charge is -2.39. The number of carbonyl (C=O) groups is 2. The number of amides is 1. The van der Waals surface area contributed by atoms with Crippen LogP contribution in [-0.4, -0.2) is 60.8 Å². The zero-order chi connectivity index (χ0) is 19.4. The minimum Gasteiger partial charge on any atom is -0.497 e. The fraction of sp³-hybridized carbons (Fsp3) is 0.421. The third-order valence-corrected chi connectivity index (χ3v) is 5.83. The van der Waals surface area contributed by atoms with E-state index in [0.717, 1.165) is 16.3 Å². The molecule has 1 amide bonds. The van der Waals surface area contributed by atoms with Gasteiger partial charge in [0.1, 0.15) is 21.0 Å². The number of likely N-dealkylation sites (tertiary alicyclic amines) is 1. The van der Waals surface area contributed by atoms with Gasteiger partial charge in [-0.1, -0.05) is 0 Å². The third kappa shape index (κ3) is 3.96. The Morgan fingerprint density at radius 3 is 2.67 bits per heavy atom. The van der Waals surface area contributed by atoms with Crippen molar-refractivity contribution in [2.24, 2.45) is 5.41 Å². The van der Waals surface area contributed by atoms with Crippen LogP contribution in [0.3, 0.4) is 0 Å². The van der Waals surface area contributed by atoms with Crippen molar-refractivity contribution in [3.8, 4) is 16.3 Å². The number of aromatic nitrogens is 1. The van der Waals surface area contributed by atoms with Crippen LogP contribution in [0.25, 0.3) is 10.6 Å². The standard InChI is InChI=1S/C19H22N2O5S/c1-25-12-19(18(23)24)8-3-9-21(11-19)17(22)15-10-20-16(27-15)13-4-6-14(26-2)7-5-13/h4-7,10H,3,8-9,11-12H2,1-2H3,(H,23,24). The number of carboxylic acids is 1. The number of rotatable bonds is 6. The highest BCUT2D eigenvalue weighted by molar-refractivity contribution is 7.16. The van der Waals surface area contributed by atoms with Crippen LogP contribution < -0.4 is 4.74 Å². The minimum absolute atomic E-state index is 0.0892. The number of benzene rings is 1. The molecule has 0 bridgehead atoms. The second kappa shape index (κ2) is 8.06. The fourth-order valence-electron chi connectivity index (χ4n) is 3.33. The van der Waals surface area contributed by atoms with Crippen molar-refractivity contribution < 1.29 is 24.2 Å². The summed E-state index contributed by atoms with van der Waals surface area (Å²) in [5.74, 6) is -0.359. The predicted octanol–water partition coefficient (Wildman–Crippen LogP) is 2.77. The molecule has 1 N–H and O–H groups in total. The maximum Gasteiger partial charge on any atom is 0.313 e. The lowest BCUT2D eigenvalue weighted by atomic mass is 9.80. The van der Waals surface area contributed by atoms with Crippen LogP contribution in [0.1, 0.15) is 22.5 Å². The molecule has 2 heterocycles. The van der Waals surface area contributed by atoms with Crippen LogP contribution in [0.2, 0.25) is 0 Å². The Labute approximate surface area is 161 Å². The molecule has 1 fully saturated rings. The summed E-state index contributed by atoms with van der Waals surface area (Å²) in [6.45, 7) is 0.768. The largest absolute Gasteiger partial charge is 0.497 e. The number of methoxy groups -OCH3 is 2. The maximum atomic E-state index is 12.9. The van der Waals surface area contributed by atoms with E-state index in [4.69, 9.17) is 9.47 Å². The van der Waals surface area contributed by atoms with Gasteiger partial charge in [0.2, 0.25) is 0 Å². The lowest BCUT2D eigenvalue weighted by molar-refractivity contribution is -0.155. The van der Waals surface area contributed by atoms with Crippen LogP contribution in [0.5, 0.6) is 5.75 Å².